The van der Waals surface area contributed by atoms with E-state index in [1.54, 1.807) is 0 Å². The van der Waals surface area contributed by atoms with Crippen LogP contribution in [0.5, 0.6) is 5.75 Å². The molecule has 1 saturated carbocycles. The highest BCUT2D eigenvalue weighted by Gasteiger charge is 2.36. The first-order valence-electron chi connectivity index (χ1n) is 8.44. The van der Waals surface area contributed by atoms with Gasteiger partial charge in [0.1, 0.15) is 5.75 Å². The van der Waals surface area contributed by atoms with Crippen molar-refractivity contribution >= 4 is 0 Å². The second-order valence-corrected chi connectivity index (χ2v) is 6.80. The Balaban J connectivity index is 2.05. The van der Waals surface area contributed by atoms with Gasteiger partial charge in [-0.3, -0.25) is 0 Å². The lowest BCUT2D eigenvalue weighted by atomic mass is 9.62. The van der Waals surface area contributed by atoms with Crippen LogP contribution in [0.1, 0.15) is 70.8 Å². The smallest absolute Gasteiger partial charge is 0.115 e. The van der Waals surface area contributed by atoms with Gasteiger partial charge >= 0.3 is 0 Å². The molecule has 0 amide bonds. The minimum absolute atomic E-state index is 0.375. The minimum Gasteiger partial charge on any atom is -0.508 e. The van der Waals surface area contributed by atoms with E-state index >= 15 is 0 Å². The number of unbranched alkanes of at least 4 members (excludes halogenated alkanes) is 1. The van der Waals surface area contributed by atoms with Gasteiger partial charge in [-0.2, -0.15) is 0 Å². The molecule has 2 rings (SSSR count). The molecule has 1 fully saturated rings. The second-order valence-electron chi connectivity index (χ2n) is 6.80. The van der Waals surface area contributed by atoms with E-state index in [2.05, 4.69) is 26.0 Å². The second kappa shape index (κ2) is 7.15. The van der Waals surface area contributed by atoms with E-state index < -0.39 is 0 Å². The van der Waals surface area contributed by atoms with Gasteiger partial charge in [-0.1, -0.05) is 58.1 Å². The van der Waals surface area contributed by atoms with Gasteiger partial charge in [-0.05, 0) is 54.7 Å². The summed E-state index contributed by atoms with van der Waals surface area (Å²) in [5.41, 5.74) is 1.95. The Morgan fingerprint density at radius 1 is 1.10 bits per heavy atom. The predicted octanol–water partition coefficient (Wildman–Crippen LogP) is 5.71. The summed E-state index contributed by atoms with van der Waals surface area (Å²) in [7, 11) is 0. The van der Waals surface area contributed by atoms with Crippen molar-refractivity contribution in [3.05, 3.63) is 29.8 Å². The van der Waals surface area contributed by atoms with Crippen molar-refractivity contribution < 1.29 is 5.11 Å². The summed E-state index contributed by atoms with van der Waals surface area (Å²) < 4.78 is 0. The molecule has 0 aliphatic heterocycles. The molecule has 1 heteroatoms. The van der Waals surface area contributed by atoms with Crippen LogP contribution in [0.3, 0.4) is 0 Å². The summed E-state index contributed by atoms with van der Waals surface area (Å²) in [4.78, 5) is 0. The van der Waals surface area contributed by atoms with Gasteiger partial charge in [0.05, 0.1) is 0 Å². The molecule has 1 N–H and O–H groups in total. The summed E-state index contributed by atoms with van der Waals surface area (Å²) in [6.07, 6.45) is 12.4. The molecule has 1 aromatic carbocycles. The van der Waals surface area contributed by atoms with E-state index in [0.29, 0.717) is 11.2 Å². The van der Waals surface area contributed by atoms with Crippen molar-refractivity contribution in [1.82, 2.24) is 0 Å². The van der Waals surface area contributed by atoms with Gasteiger partial charge in [0.2, 0.25) is 0 Å². The molecular weight excluding hydrogens is 244 g/mol. The Morgan fingerprint density at radius 2 is 1.75 bits per heavy atom. The molecule has 0 bridgehead atoms. The number of rotatable bonds is 6. The molecule has 0 spiro atoms. The van der Waals surface area contributed by atoms with Gasteiger partial charge in [0, 0.05) is 0 Å². The van der Waals surface area contributed by atoms with E-state index in [-0.39, 0.29) is 0 Å². The molecule has 1 atom stereocenters. The van der Waals surface area contributed by atoms with Crippen molar-refractivity contribution in [3.63, 3.8) is 0 Å². The van der Waals surface area contributed by atoms with Gasteiger partial charge in [-0.25, -0.2) is 0 Å². The zero-order chi connectivity index (χ0) is 14.4. The number of hydrogen-bond donors (Lipinski definition) is 1. The average molecular weight is 274 g/mol. The number of aromatic hydroxyl groups is 1. The van der Waals surface area contributed by atoms with Gasteiger partial charge in [0.15, 0.2) is 0 Å². The van der Waals surface area contributed by atoms with Crippen LogP contribution in [0, 0.1) is 11.3 Å². The van der Waals surface area contributed by atoms with Gasteiger partial charge in [0.25, 0.3) is 0 Å². The van der Waals surface area contributed by atoms with Gasteiger partial charge < -0.3 is 5.11 Å². The molecule has 0 saturated heterocycles. The maximum Gasteiger partial charge on any atom is 0.115 e. The average Bonchev–Trinajstić information content (AvgIpc) is 2.48. The summed E-state index contributed by atoms with van der Waals surface area (Å²) in [5.74, 6) is 1.12. The topological polar surface area (TPSA) is 20.2 Å². The van der Waals surface area contributed by atoms with Crippen molar-refractivity contribution in [1.29, 1.82) is 0 Å². The molecule has 1 unspecified atom stereocenters. The predicted molar refractivity (Wildman–Crippen MR) is 86.0 cm³/mol. The molecule has 20 heavy (non-hydrogen) atoms. The first-order valence-corrected chi connectivity index (χ1v) is 8.44. The highest BCUT2D eigenvalue weighted by atomic mass is 16.3. The minimum atomic E-state index is 0.375. The monoisotopic (exact) mass is 274 g/mol. The lowest BCUT2D eigenvalue weighted by molar-refractivity contribution is 0.0910. The number of phenolic OH excluding ortho intramolecular Hbond substituents is 1. The van der Waals surface area contributed by atoms with E-state index in [1.807, 2.05) is 12.1 Å². The molecule has 0 aromatic heterocycles. The summed E-state index contributed by atoms with van der Waals surface area (Å²) >= 11 is 0. The van der Waals surface area contributed by atoms with Crippen LogP contribution in [0.2, 0.25) is 0 Å². The summed E-state index contributed by atoms with van der Waals surface area (Å²) in [6.45, 7) is 4.76. The SMILES string of the molecule is CCCCC1(C(C)Cc2ccc(O)cc2)CCCCC1. The molecular formula is C19H30O. The van der Waals surface area contributed by atoms with Crippen molar-refractivity contribution in [2.24, 2.45) is 11.3 Å². The van der Waals surface area contributed by atoms with E-state index in [0.717, 1.165) is 12.3 Å². The molecule has 1 aliphatic carbocycles. The van der Waals surface area contributed by atoms with Crippen LogP contribution in [0.15, 0.2) is 24.3 Å². The Morgan fingerprint density at radius 3 is 2.35 bits per heavy atom. The highest BCUT2D eigenvalue weighted by molar-refractivity contribution is 5.26. The first-order chi connectivity index (χ1) is 9.66. The van der Waals surface area contributed by atoms with Crippen LogP contribution in [-0.4, -0.2) is 5.11 Å². The molecule has 1 nitrogen and oxygen atoms in total. The molecule has 0 radical (unpaired) electrons. The van der Waals surface area contributed by atoms with E-state index in [9.17, 15) is 5.11 Å². The van der Waals surface area contributed by atoms with Crippen LogP contribution in [0.25, 0.3) is 0 Å². The Hall–Kier alpha value is -0.980. The van der Waals surface area contributed by atoms with Crippen molar-refractivity contribution in [2.75, 3.05) is 0 Å². The van der Waals surface area contributed by atoms with Gasteiger partial charge in [-0.15, -0.1) is 0 Å². The molecule has 112 valence electrons. The summed E-state index contributed by atoms with van der Waals surface area (Å²) in [6, 6.07) is 7.81. The molecule has 1 aliphatic rings. The number of benzene rings is 1. The van der Waals surface area contributed by atoms with Crippen molar-refractivity contribution in [2.45, 2.75) is 71.6 Å². The fourth-order valence-electron chi connectivity index (χ4n) is 3.98. The van der Waals surface area contributed by atoms with Crippen LogP contribution in [0.4, 0.5) is 0 Å². The van der Waals surface area contributed by atoms with E-state index in [1.165, 1.54) is 56.9 Å². The zero-order valence-electron chi connectivity index (χ0n) is 13.2. The highest BCUT2D eigenvalue weighted by Crippen LogP contribution is 2.47. The quantitative estimate of drug-likeness (QED) is 0.704. The fourth-order valence-corrected chi connectivity index (χ4v) is 3.98. The van der Waals surface area contributed by atoms with Crippen LogP contribution >= 0.6 is 0 Å². The normalized spacial score (nSPS) is 19.7. The standard InChI is InChI=1S/C19H30O/c1-3-4-12-19(13-6-5-7-14-19)16(2)15-17-8-10-18(20)11-9-17/h8-11,16,20H,3-7,12-15H2,1-2H3. The lowest BCUT2D eigenvalue weighted by Gasteiger charge is -2.43. The fraction of sp³-hybridized carbons (Fsp3) is 0.684. The Labute approximate surface area is 124 Å². The number of hydrogen-bond acceptors (Lipinski definition) is 1. The maximum absolute atomic E-state index is 9.41. The third kappa shape index (κ3) is 3.77. The third-order valence-electron chi connectivity index (χ3n) is 5.40. The lowest BCUT2D eigenvalue weighted by Crippen LogP contribution is -2.32. The summed E-state index contributed by atoms with van der Waals surface area (Å²) in [5, 5.41) is 9.41. The third-order valence-corrected chi connectivity index (χ3v) is 5.40. The Kier molecular flexibility index (Phi) is 5.51. The first kappa shape index (κ1) is 15.4. The Bertz CT molecular complexity index is 387. The van der Waals surface area contributed by atoms with Crippen LogP contribution in [-0.2, 0) is 6.42 Å². The zero-order valence-corrected chi connectivity index (χ0v) is 13.2. The largest absolute Gasteiger partial charge is 0.508 e. The maximum atomic E-state index is 9.41. The van der Waals surface area contributed by atoms with Crippen LogP contribution < -0.4 is 0 Å². The van der Waals surface area contributed by atoms with Crippen molar-refractivity contribution in [3.8, 4) is 5.75 Å². The molecule has 0 heterocycles. The molecule has 1 aromatic rings. The van der Waals surface area contributed by atoms with E-state index in [4.69, 9.17) is 0 Å². The number of phenols is 1.